The number of piperidine rings is 1. The third-order valence-corrected chi connectivity index (χ3v) is 8.43. The number of rotatable bonds is 7. The average molecular weight is 578 g/mol. The number of hydrogen-bond acceptors (Lipinski definition) is 6. The number of carbonyl (C=O) groups is 3. The molecule has 0 aromatic heterocycles. The quantitative estimate of drug-likeness (QED) is 0.518. The summed E-state index contributed by atoms with van der Waals surface area (Å²) in [5.41, 5.74) is 4.73. The Bertz CT molecular complexity index is 1440. The summed E-state index contributed by atoms with van der Waals surface area (Å²) < 4.78 is 59.0. The van der Waals surface area contributed by atoms with Gasteiger partial charge in [-0.1, -0.05) is 24.3 Å². The third kappa shape index (κ3) is 6.11. The van der Waals surface area contributed by atoms with E-state index in [9.17, 15) is 22.8 Å². The Morgan fingerprint density at radius 3 is 2.30 bits per heavy atom. The summed E-state index contributed by atoms with van der Waals surface area (Å²) in [6, 6.07) is 5.53. The zero-order valence-electron chi connectivity index (χ0n) is 22.7. The van der Waals surface area contributed by atoms with Crippen LogP contribution in [0.4, 0.5) is 13.6 Å². The van der Waals surface area contributed by atoms with Crippen LogP contribution in [-0.2, 0) is 30.6 Å². The molecule has 1 heterocycles. The van der Waals surface area contributed by atoms with Gasteiger partial charge in [0.1, 0.15) is 17.7 Å². The lowest BCUT2D eigenvalue weighted by molar-refractivity contribution is -0.132. The topological polar surface area (TPSA) is 136 Å². The lowest BCUT2D eigenvalue weighted by Crippen LogP contribution is -2.57. The molecule has 0 radical (unpaired) electrons. The SMILES string of the molecule is CC(C)(C)OC(=O)N1C2CCC(C2)C1C(=O)NC(Cc1ccc(-c2ccc(S(C)(=O)=O)cc2)c(F)c1F)C(N)=O. The number of primary amides is 1. The van der Waals surface area contributed by atoms with Gasteiger partial charge in [-0.25, -0.2) is 22.0 Å². The fraction of sp³-hybridized carbons (Fsp3) is 0.464. The van der Waals surface area contributed by atoms with Crippen molar-refractivity contribution in [3.8, 4) is 11.1 Å². The molecule has 4 atom stereocenters. The zero-order chi connectivity index (χ0) is 29.6. The maximum absolute atomic E-state index is 15.1. The summed E-state index contributed by atoms with van der Waals surface area (Å²) >= 11 is 0. The fourth-order valence-electron chi connectivity index (χ4n) is 5.45. The largest absolute Gasteiger partial charge is 0.444 e. The van der Waals surface area contributed by atoms with E-state index in [2.05, 4.69) is 5.32 Å². The highest BCUT2D eigenvalue weighted by molar-refractivity contribution is 7.90. The molecule has 2 aromatic carbocycles. The van der Waals surface area contributed by atoms with Crippen molar-refractivity contribution in [2.45, 2.75) is 75.1 Å². The Balaban J connectivity index is 1.52. The van der Waals surface area contributed by atoms with Gasteiger partial charge in [0.05, 0.1) is 4.90 Å². The van der Waals surface area contributed by atoms with Crippen LogP contribution in [0, 0.1) is 17.6 Å². The Kier molecular flexibility index (Phi) is 7.94. The van der Waals surface area contributed by atoms with Crippen molar-refractivity contribution in [3.63, 3.8) is 0 Å². The number of sulfone groups is 1. The van der Waals surface area contributed by atoms with E-state index in [1.165, 1.54) is 41.3 Å². The number of benzene rings is 2. The smallest absolute Gasteiger partial charge is 0.411 e. The van der Waals surface area contributed by atoms with Gasteiger partial charge in [-0.2, -0.15) is 0 Å². The minimum Gasteiger partial charge on any atom is -0.444 e. The van der Waals surface area contributed by atoms with E-state index in [1.54, 1.807) is 20.8 Å². The highest BCUT2D eigenvalue weighted by Crippen LogP contribution is 2.43. The van der Waals surface area contributed by atoms with Crippen LogP contribution < -0.4 is 11.1 Å². The molecular weight excluding hydrogens is 544 g/mol. The van der Waals surface area contributed by atoms with Crippen LogP contribution in [0.3, 0.4) is 0 Å². The predicted molar refractivity (Wildman–Crippen MR) is 143 cm³/mol. The van der Waals surface area contributed by atoms with Crippen LogP contribution in [0.25, 0.3) is 11.1 Å². The molecular formula is C28H33F2N3O6S. The number of carbonyl (C=O) groups excluding carboxylic acids is 3. The number of fused-ring (bicyclic) bond motifs is 2. The number of hydrogen-bond donors (Lipinski definition) is 2. The lowest BCUT2D eigenvalue weighted by atomic mass is 9.96. The number of amides is 3. The van der Waals surface area contributed by atoms with Crippen molar-refractivity contribution in [1.29, 1.82) is 0 Å². The van der Waals surface area contributed by atoms with Gasteiger partial charge in [-0.3, -0.25) is 14.5 Å². The van der Waals surface area contributed by atoms with Crippen LogP contribution in [0.1, 0.15) is 45.6 Å². The van der Waals surface area contributed by atoms with Gasteiger partial charge < -0.3 is 15.8 Å². The van der Waals surface area contributed by atoms with Crippen molar-refractivity contribution in [3.05, 3.63) is 53.6 Å². The Labute approximate surface area is 232 Å². The van der Waals surface area contributed by atoms with Gasteiger partial charge in [0, 0.05) is 24.3 Å². The Hall–Kier alpha value is -3.54. The molecule has 0 spiro atoms. The average Bonchev–Trinajstić information content (AvgIpc) is 3.47. The van der Waals surface area contributed by atoms with Crippen molar-refractivity contribution in [2.24, 2.45) is 11.7 Å². The van der Waals surface area contributed by atoms with E-state index < -0.39 is 63.5 Å². The summed E-state index contributed by atoms with van der Waals surface area (Å²) in [4.78, 5) is 39.9. The molecule has 2 aromatic rings. The summed E-state index contributed by atoms with van der Waals surface area (Å²) in [5.74, 6) is -4.08. The Morgan fingerprint density at radius 1 is 1.07 bits per heavy atom. The molecule has 9 nitrogen and oxygen atoms in total. The van der Waals surface area contributed by atoms with Crippen LogP contribution in [0.2, 0.25) is 0 Å². The van der Waals surface area contributed by atoms with Crippen molar-refractivity contribution in [2.75, 3.05) is 6.26 Å². The number of halogens is 2. The van der Waals surface area contributed by atoms with E-state index >= 15 is 8.78 Å². The van der Waals surface area contributed by atoms with E-state index in [0.29, 0.717) is 6.42 Å². The highest BCUT2D eigenvalue weighted by atomic mass is 32.2. The van der Waals surface area contributed by atoms with Gasteiger partial charge in [0.25, 0.3) is 0 Å². The van der Waals surface area contributed by atoms with E-state index in [-0.39, 0.29) is 33.5 Å². The van der Waals surface area contributed by atoms with Crippen LogP contribution in [0.5, 0.6) is 0 Å². The molecule has 12 heteroatoms. The second-order valence-corrected chi connectivity index (χ2v) is 13.4. The third-order valence-electron chi connectivity index (χ3n) is 7.30. The number of likely N-dealkylation sites (tertiary alicyclic amines) is 1. The summed E-state index contributed by atoms with van der Waals surface area (Å²) in [7, 11) is -3.46. The molecule has 1 saturated heterocycles. The van der Waals surface area contributed by atoms with Crippen molar-refractivity contribution >= 4 is 27.7 Å². The summed E-state index contributed by atoms with van der Waals surface area (Å²) in [6.45, 7) is 5.17. The van der Waals surface area contributed by atoms with Gasteiger partial charge in [0.15, 0.2) is 21.5 Å². The molecule has 2 fully saturated rings. The van der Waals surface area contributed by atoms with Crippen molar-refractivity contribution < 1.29 is 36.3 Å². The van der Waals surface area contributed by atoms with Crippen LogP contribution in [-0.4, -0.2) is 61.2 Å². The minimum absolute atomic E-state index is 0.0366. The molecule has 2 aliphatic rings. The summed E-state index contributed by atoms with van der Waals surface area (Å²) in [6.07, 6.45) is 2.10. The maximum Gasteiger partial charge on any atom is 0.411 e. The van der Waals surface area contributed by atoms with Crippen LogP contribution in [0.15, 0.2) is 41.3 Å². The first-order valence-corrected chi connectivity index (χ1v) is 14.8. The molecule has 2 bridgehead atoms. The molecule has 3 N–H and O–H groups in total. The van der Waals surface area contributed by atoms with E-state index in [0.717, 1.165) is 19.1 Å². The zero-order valence-corrected chi connectivity index (χ0v) is 23.6. The van der Waals surface area contributed by atoms with Crippen LogP contribution >= 0.6 is 0 Å². The van der Waals surface area contributed by atoms with E-state index in [1.807, 2.05) is 0 Å². The molecule has 3 amide bonds. The molecule has 1 aliphatic heterocycles. The first kappa shape index (κ1) is 29.4. The first-order chi connectivity index (χ1) is 18.6. The molecule has 4 rings (SSSR count). The first-order valence-electron chi connectivity index (χ1n) is 12.9. The standard InChI is InChI=1S/C28H33F2N3O6S/c1-28(2,3)39-27(36)33-18-9-5-17(13-18)24(33)26(35)32-21(25(31)34)14-16-8-12-20(23(30)22(16)29)15-6-10-19(11-7-15)40(4,37)38/h6-8,10-12,17-18,21,24H,5,9,13-14H2,1-4H3,(H2,31,34)(H,32,35). The van der Waals surface area contributed by atoms with Crippen molar-refractivity contribution in [1.82, 2.24) is 10.2 Å². The number of nitrogens with zero attached hydrogens (tertiary/aromatic N) is 1. The van der Waals surface area contributed by atoms with Gasteiger partial charge >= 0.3 is 6.09 Å². The molecule has 1 aliphatic carbocycles. The second kappa shape index (κ2) is 10.8. The number of ether oxygens (including phenoxy) is 1. The minimum atomic E-state index is -3.46. The predicted octanol–water partition coefficient (Wildman–Crippen LogP) is 3.34. The molecule has 216 valence electrons. The van der Waals surface area contributed by atoms with Gasteiger partial charge in [-0.05, 0) is 69.2 Å². The van der Waals surface area contributed by atoms with Gasteiger partial charge in [-0.15, -0.1) is 0 Å². The molecule has 40 heavy (non-hydrogen) atoms. The fourth-order valence-corrected chi connectivity index (χ4v) is 6.08. The molecule has 1 saturated carbocycles. The summed E-state index contributed by atoms with van der Waals surface area (Å²) in [5, 5.41) is 2.54. The normalized spacial score (nSPS) is 21.2. The lowest BCUT2D eigenvalue weighted by Gasteiger charge is -2.36. The van der Waals surface area contributed by atoms with E-state index in [4.69, 9.17) is 10.5 Å². The Morgan fingerprint density at radius 2 is 1.73 bits per heavy atom. The second-order valence-electron chi connectivity index (χ2n) is 11.4. The molecule has 4 unspecified atom stereocenters. The monoisotopic (exact) mass is 577 g/mol. The maximum atomic E-state index is 15.1. The highest BCUT2D eigenvalue weighted by Gasteiger charge is 2.52. The number of nitrogens with one attached hydrogen (secondary N) is 1. The number of nitrogens with two attached hydrogens (primary N) is 1. The van der Waals surface area contributed by atoms with Gasteiger partial charge in [0.2, 0.25) is 11.8 Å².